The van der Waals surface area contributed by atoms with Gasteiger partial charge in [-0.2, -0.15) is 0 Å². The van der Waals surface area contributed by atoms with Gasteiger partial charge in [0.1, 0.15) is 0 Å². The van der Waals surface area contributed by atoms with Crippen molar-refractivity contribution in [3.05, 3.63) is 0 Å². The normalized spacial score (nSPS) is 33.3. The molecule has 10 nitrogen and oxygen atoms in total. The van der Waals surface area contributed by atoms with E-state index >= 15 is 0 Å². The molecule has 5 atom stereocenters. The summed E-state index contributed by atoms with van der Waals surface area (Å²) in [6, 6.07) is 0. The minimum Gasteiger partial charge on any atom is -0.452 e. The number of Topliss-reactive ketones (excluding diaryl/α,β-unsaturated/α-hetero) is 4. The fourth-order valence-corrected chi connectivity index (χ4v) is 2.71. The van der Waals surface area contributed by atoms with Crippen LogP contribution in [0.1, 0.15) is 27.7 Å². The van der Waals surface area contributed by atoms with Crippen LogP contribution in [0.2, 0.25) is 0 Å². The maximum absolute atomic E-state index is 11.9. The highest BCUT2D eigenvalue weighted by Gasteiger charge is 2.78. The highest BCUT2D eigenvalue weighted by Crippen LogP contribution is 2.44. The van der Waals surface area contributed by atoms with Crippen LogP contribution in [0.15, 0.2) is 0 Å². The van der Waals surface area contributed by atoms with Crippen LogP contribution in [0, 0.1) is 0 Å². The van der Waals surface area contributed by atoms with Gasteiger partial charge in [-0.05, 0) is 27.7 Å². The molecule has 1 aliphatic heterocycles. The van der Waals surface area contributed by atoms with E-state index in [1.807, 2.05) is 0 Å². The summed E-state index contributed by atoms with van der Waals surface area (Å²) in [7, 11) is 0. The first-order chi connectivity index (χ1) is 10.7. The number of rotatable bonds is 6. The summed E-state index contributed by atoms with van der Waals surface area (Å²) in [6.07, 6.45) is -5.08. The van der Waals surface area contributed by atoms with Crippen molar-refractivity contribution in [1.29, 1.82) is 0 Å². The molecule has 0 aromatic rings. The lowest BCUT2D eigenvalue weighted by atomic mass is 9.68. The Labute approximate surface area is 136 Å². The minimum absolute atomic E-state index is 0.670. The minimum atomic E-state index is -3.41. The second kappa shape index (κ2) is 5.81. The largest absolute Gasteiger partial charge is 0.452 e. The Kier molecular flexibility index (Phi) is 4.85. The Morgan fingerprint density at radius 3 is 1.83 bits per heavy atom. The van der Waals surface area contributed by atoms with E-state index in [0.29, 0.717) is 20.8 Å². The summed E-state index contributed by atoms with van der Waals surface area (Å²) in [5.41, 5.74) is -10.1. The van der Waals surface area contributed by atoms with Gasteiger partial charge in [-0.25, -0.2) is 4.79 Å². The smallest absolute Gasteiger partial charge is 0.350 e. The molecule has 0 saturated carbocycles. The number of hydrogen-bond donors (Lipinski definition) is 4. The standard InChI is InChI=1S/C14H18O10/c1-5(15)9(19)12(21,6(2)16)10-13(22,7(3)17)14(23,8(4)18)11(20)24-10/h9-10,19,21-23H,1-4H3/t9?,10-,12+,13-,14-/m0/s1. The molecule has 134 valence electrons. The maximum atomic E-state index is 11.9. The molecule has 0 amide bonds. The monoisotopic (exact) mass is 346 g/mol. The van der Waals surface area contributed by atoms with E-state index in [0.717, 1.165) is 6.92 Å². The average molecular weight is 346 g/mol. The van der Waals surface area contributed by atoms with Gasteiger partial charge in [-0.15, -0.1) is 0 Å². The first-order valence-corrected chi connectivity index (χ1v) is 6.79. The van der Waals surface area contributed by atoms with Crippen LogP contribution in [-0.2, 0) is 28.7 Å². The number of carbonyl (C=O) groups excluding carboxylic acids is 5. The third-order valence-corrected chi connectivity index (χ3v) is 4.26. The van der Waals surface area contributed by atoms with Gasteiger partial charge in [-0.1, -0.05) is 0 Å². The van der Waals surface area contributed by atoms with Crippen molar-refractivity contribution in [2.45, 2.75) is 56.7 Å². The molecule has 0 radical (unpaired) electrons. The summed E-state index contributed by atoms with van der Waals surface area (Å²) < 4.78 is 4.55. The predicted molar refractivity (Wildman–Crippen MR) is 73.5 cm³/mol. The molecule has 0 aromatic carbocycles. The zero-order valence-corrected chi connectivity index (χ0v) is 13.4. The van der Waals surface area contributed by atoms with Crippen LogP contribution in [0.25, 0.3) is 0 Å². The van der Waals surface area contributed by atoms with Crippen molar-refractivity contribution in [2.75, 3.05) is 0 Å². The van der Waals surface area contributed by atoms with Gasteiger partial charge in [0.05, 0.1) is 0 Å². The fraction of sp³-hybridized carbons (Fsp3) is 0.643. The number of cyclic esters (lactones) is 1. The van der Waals surface area contributed by atoms with Crippen molar-refractivity contribution >= 4 is 29.1 Å². The molecule has 1 saturated heterocycles. The lowest BCUT2D eigenvalue weighted by Crippen LogP contribution is -2.73. The van der Waals surface area contributed by atoms with Crippen LogP contribution in [0.3, 0.4) is 0 Å². The molecule has 1 fully saturated rings. The molecule has 1 rings (SSSR count). The Morgan fingerprint density at radius 2 is 1.54 bits per heavy atom. The van der Waals surface area contributed by atoms with E-state index in [2.05, 4.69) is 4.74 Å². The number of ether oxygens (including phenoxy) is 1. The first kappa shape index (κ1) is 20.0. The molecule has 24 heavy (non-hydrogen) atoms. The molecular weight excluding hydrogens is 328 g/mol. The fourth-order valence-electron chi connectivity index (χ4n) is 2.71. The van der Waals surface area contributed by atoms with Crippen LogP contribution >= 0.6 is 0 Å². The van der Waals surface area contributed by atoms with E-state index < -0.39 is 58.1 Å². The molecular formula is C14H18O10. The van der Waals surface area contributed by atoms with Gasteiger partial charge in [-0.3, -0.25) is 19.2 Å². The SMILES string of the molecule is CC(=O)C(O)[C@](O)(C(C)=O)[C@@H]1OC(=O)[C@@](O)(C(C)=O)[C@]1(O)C(C)=O. The zero-order valence-electron chi connectivity index (χ0n) is 13.4. The molecule has 10 heteroatoms. The predicted octanol–water partition coefficient (Wildman–Crippen LogP) is -3.18. The average Bonchev–Trinajstić information content (AvgIpc) is 2.68. The molecule has 0 spiro atoms. The van der Waals surface area contributed by atoms with E-state index in [9.17, 15) is 44.4 Å². The lowest BCUT2D eigenvalue weighted by molar-refractivity contribution is -0.209. The van der Waals surface area contributed by atoms with Crippen molar-refractivity contribution in [3.8, 4) is 0 Å². The second-order valence-electron chi connectivity index (χ2n) is 5.77. The van der Waals surface area contributed by atoms with Crippen LogP contribution in [0.4, 0.5) is 0 Å². The van der Waals surface area contributed by atoms with Gasteiger partial charge in [0, 0.05) is 0 Å². The third-order valence-electron chi connectivity index (χ3n) is 4.26. The Hall–Kier alpha value is -2.01. The third kappa shape index (κ3) is 2.22. The van der Waals surface area contributed by atoms with Crippen LogP contribution in [0.5, 0.6) is 0 Å². The number of ketones is 4. The number of aliphatic hydroxyl groups excluding tert-OH is 1. The summed E-state index contributed by atoms with van der Waals surface area (Å²) >= 11 is 0. The van der Waals surface area contributed by atoms with Gasteiger partial charge in [0.15, 0.2) is 40.9 Å². The molecule has 0 aromatic heterocycles. The van der Waals surface area contributed by atoms with E-state index in [1.54, 1.807) is 0 Å². The van der Waals surface area contributed by atoms with Crippen molar-refractivity contribution < 1.29 is 49.1 Å². The van der Waals surface area contributed by atoms with Gasteiger partial charge in [0.2, 0.25) is 5.60 Å². The summed E-state index contributed by atoms with van der Waals surface area (Å²) in [5.74, 6) is -7.07. The molecule has 0 aliphatic carbocycles. The van der Waals surface area contributed by atoms with E-state index in [-0.39, 0.29) is 0 Å². The summed E-state index contributed by atoms with van der Waals surface area (Å²) in [6.45, 7) is 2.83. The van der Waals surface area contributed by atoms with Crippen LogP contribution in [-0.4, -0.2) is 78.5 Å². The van der Waals surface area contributed by atoms with Crippen molar-refractivity contribution in [1.82, 2.24) is 0 Å². The van der Waals surface area contributed by atoms with Crippen molar-refractivity contribution in [3.63, 3.8) is 0 Å². The Morgan fingerprint density at radius 1 is 1.08 bits per heavy atom. The highest BCUT2D eigenvalue weighted by molar-refractivity contribution is 6.16. The summed E-state index contributed by atoms with van der Waals surface area (Å²) in [4.78, 5) is 58.8. The molecule has 1 unspecified atom stereocenters. The quantitative estimate of drug-likeness (QED) is 0.283. The van der Waals surface area contributed by atoms with Crippen LogP contribution < -0.4 is 0 Å². The van der Waals surface area contributed by atoms with Crippen molar-refractivity contribution in [2.24, 2.45) is 0 Å². The summed E-state index contributed by atoms with van der Waals surface area (Å²) in [5, 5.41) is 41.3. The Balaban J connectivity index is 3.77. The number of hydrogen-bond acceptors (Lipinski definition) is 10. The zero-order chi connectivity index (χ0) is 19.2. The Bertz CT molecular complexity index is 639. The molecule has 1 aliphatic rings. The van der Waals surface area contributed by atoms with Gasteiger partial charge < -0.3 is 25.2 Å². The molecule has 1 heterocycles. The van der Waals surface area contributed by atoms with Gasteiger partial charge >= 0.3 is 5.97 Å². The topological polar surface area (TPSA) is 176 Å². The first-order valence-electron chi connectivity index (χ1n) is 6.79. The molecule has 0 bridgehead atoms. The van der Waals surface area contributed by atoms with E-state index in [4.69, 9.17) is 0 Å². The lowest BCUT2D eigenvalue weighted by Gasteiger charge is -2.40. The highest BCUT2D eigenvalue weighted by atomic mass is 16.6. The van der Waals surface area contributed by atoms with Gasteiger partial charge in [0.25, 0.3) is 5.60 Å². The second-order valence-corrected chi connectivity index (χ2v) is 5.77. The molecule has 4 N–H and O–H groups in total. The number of aliphatic hydroxyl groups is 4. The van der Waals surface area contributed by atoms with E-state index in [1.165, 1.54) is 0 Å². The number of esters is 1. The maximum Gasteiger partial charge on any atom is 0.350 e. The number of carbonyl (C=O) groups is 5.